The Morgan fingerprint density at radius 3 is 2.91 bits per heavy atom. The summed E-state index contributed by atoms with van der Waals surface area (Å²) in [6, 6.07) is 8.30. The van der Waals surface area contributed by atoms with Gasteiger partial charge in [-0.1, -0.05) is 29.8 Å². The number of hydrogen-bond donors (Lipinski definition) is 1. The van der Waals surface area contributed by atoms with Crippen LogP contribution in [-0.2, 0) is 6.42 Å². The van der Waals surface area contributed by atoms with Crippen molar-refractivity contribution in [2.24, 2.45) is 11.8 Å². The molecule has 0 radical (unpaired) electrons. The number of fused-ring (bicyclic) bond motifs is 4. The fourth-order valence-electron chi connectivity index (χ4n) is 4.35. The molecule has 0 unspecified atom stereocenters. The maximum atomic E-state index is 12.8. The molecule has 0 spiro atoms. The third-order valence-electron chi connectivity index (χ3n) is 5.38. The highest BCUT2D eigenvalue weighted by Gasteiger charge is 2.37. The first-order valence-electron chi connectivity index (χ1n) is 8.13. The SMILES string of the molecule is C/C=C1/CN(C)C[C@@H]2Cc3c([nH]c4ccccc34)C(=O)C[C@H]12. The van der Waals surface area contributed by atoms with Crippen molar-refractivity contribution in [1.29, 1.82) is 0 Å². The lowest BCUT2D eigenvalue weighted by molar-refractivity contribution is 0.0936. The lowest BCUT2D eigenvalue weighted by atomic mass is 9.78. The van der Waals surface area contributed by atoms with Crippen LogP contribution in [0.1, 0.15) is 29.4 Å². The maximum Gasteiger partial charge on any atom is 0.179 e. The van der Waals surface area contributed by atoms with Gasteiger partial charge in [-0.25, -0.2) is 0 Å². The van der Waals surface area contributed by atoms with Crippen LogP contribution in [-0.4, -0.2) is 35.8 Å². The summed E-state index contributed by atoms with van der Waals surface area (Å²) < 4.78 is 0. The summed E-state index contributed by atoms with van der Waals surface area (Å²) in [5.74, 6) is 1.23. The van der Waals surface area contributed by atoms with Gasteiger partial charge in [0.15, 0.2) is 5.78 Å². The van der Waals surface area contributed by atoms with Crippen LogP contribution >= 0.6 is 0 Å². The number of aromatic nitrogens is 1. The van der Waals surface area contributed by atoms with Crippen molar-refractivity contribution in [2.45, 2.75) is 19.8 Å². The number of allylic oxidation sites excluding steroid dienone is 1. The Bertz CT molecular complexity index is 771. The number of hydrogen-bond acceptors (Lipinski definition) is 2. The largest absolute Gasteiger partial charge is 0.352 e. The van der Waals surface area contributed by atoms with E-state index in [1.54, 1.807) is 0 Å². The highest BCUT2D eigenvalue weighted by Crippen LogP contribution is 2.39. The van der Waals surface area contributed by atoms with Gasteiger partial charge in [-0.2, -0.15) is 0 Å². The second-order valence-electron chi connectivity index (χ2n) is 6.78. The predicted molar refractivity (Wildman–Crippen MR) is 89.2 cm³/mol. The fourth-order valence-corrected chi connectivity index (χ4v) is 4.35. The number of likely N-dealkylation sites (N-methyl/N-ethyl adjacent to an activating group) is 1. The minimum Gasteiger partial charge on any atom is -0.352 e. The Kier molecular flexibility index (Phi) is 3.19. The van der Waals surface area contributed by atoms with Crippen LogP contribution < -0.4 is 0 Å². The molecule has 2 atom stereocenters. The van der Waals surface area contributed by atoms with Gasteiger partial charge >= 0.3 is 0 Å². The summed E-state index contributed by atoms with van der Waals surface area (Å²) in [5.41, 5.74) is 4.61. The van der Waals surface area contributed by atoms with Gasteiger partial charge in [0.25, 0.3) is 0 Å². The zero-order valence-electron chi connectivity index (χ0n) is 13.2. The van der Waals surface area contributed by atoms with Gasteiger partial charge in [0.1, 0.15) is 0 Å². The van der Waals surface area contributed by atoms with Crippen molar-refractivity contribution in [2.75, 3.05) is 20.1 Å². The van der Waals surface area contributed by atoms with Crippen molar-refractivity contribution in [3.63, 3.8) is 0 Å². The number of nitrogens with one attached hydrogen (secondary N) is 1. The quantitative estimate of drug-likeness (QED) is 0.756. The molecule has 0 bridgehead atoms. The molecule has 2 heterocycles. The number of benzene rings is 1. The van der Waals surface area contributed by atoms with Crippen molar-refractivity contribution >= 4 is 16.7 Å². The molecule has 1 fully saturated rings. The molecule has 114 valence electrons. The van der Waals surface area contributed by atoms with E-state index in [2.05, 4.69) is 48.1 Å². The Hall–Kier alpha value is -1.87. The van der Waals surface area contributed by atoms with Crippen LogP contribution in [0.5, 0.6) is 0 Å². The molecule has 3 nitrogen and oxygen atoms in total. The number of likely N-dealkylation sites (tertiary alicyclic amines) is 1. The Labute approximate surface area is 131 Å². The number of rotatable bonds is 0. The molecular formula is C19H22N2O. The number of H-pyrrole nitrogens is 1. The fraction of sp³-hybridized carbons (Fsp3) is 0.421. The van der Waals surface area contributed by atoms with Crippen LogP contribution in [0.3, 0.4) is 0 Å². The van der Waals surface area contributed by atoms with E-state index in [1.807, 2.05) is 6.07 Å². The monoisotopic (exact) mass is 294 g/mol. The number of nitrogens with zero attached hydrogens (tertiary/aromatic N) is 1. The number of para-hydroxylation sites is 1. The third kappa shape index (κ3) is 2.03. The molecule has 2 aromatic rings. The van der Waals surface area contributed by atoms with Gasteiger partial charge in [0.05, 0.1) is 5.69 Å². The van der Waals surface area contributed by atoms with Gasteiger partial charge in [-0.05, 0) is 43.9 Å². The van der Waals surface area contributed by atoms with Gasteiger partial charge in [0, 0.05) is 30.4 Å². The summed E-state index contributed by atoms with van der Waals surface area (Å²) in [6.45, 7) is 4.18. The Morgan fingerprint density at radius 2 is 2.09 bits per heavy atom. The first-order chi connectivity index (χ1) is 10.7. The van der Waals surface area contributed by atoms with Gasteiger partial charge in [-0.15, -0.1) is 0 Å². The van der Waals surface area contributed by atoms with E-state index >= 15 is 0 Å². The molecule has 22 heavy (non-hydrogen) atoms. The molecule has 1 aromatic heterocycles. The highest BCUT2D eigenvalue weighted by atomic mass is 16.1. The topological polar surface area (TPSA) is 36.1 Å². The second-order valence-corrected chi connectivity index (χ2v) is 6.78. The highest BCUT2D eigenvalue weighted by molar-refractivity contribution is 6.03. The van der Waals surface area contributed by atoms with Crippen LogP contribution in [0, 0.1) is 11.8 Å². The zero-order valence-corrected chi connectivity index (χ0v) is 13.2. The molecule has 1 aliphatic carbocycles. The standard InChI is InChI=1S/C19H22N2O/c1-3-12-10-21(2)11-13-8-16-14-6-4-5-7-17(14)20-19(16)18(22)9-15(12)13/h3-7,13,15,20H,8-11H2,1-2H3/b12-3-/t13-,15+/m0/s1. The minimum absolute atomic E-state index is 0.280. The Morgan fingerprint density at radius 1 is 1.27 bits per heavy atom. The molecular weight excluding hydrogens is 272 g/mol. The van der Waals surface area contributed by atoms with Crippen LogP contribution in [0.4, 0.5) is 0 Å². The normalized spacial score (nSPS) is 27.7. The summed E-state index contributed by atoms with van der Waals surface area (Å²) in [5, 5.41) is 1.22. The number of ketones is 1. The number of carbonyl (C=O) groups is 1. The minimum atomic E-state index is 0.280. The van der Waals surface area contributed by atoms with Crippen molar-refractivity contribution < 1.29 is 4.79 Å². The van der Waals surface area contributed by atoms with Crippen molar-refractivity contribution in [1.82, 2.24) is 9.88 Å². The second kappa shape index (κ2) is 5.10. The van der Waals surface area contributed by atoms with Crippen molar-refractivity contribution in [3.8, 4) is 0 Å². The molecule has 1 saturated heterocycles. The van der Waals surface area contributed by atoms with Crippen LogP contribution in [0.2, 0.25) is 0 Å². The van der Waals surface area contributed by atoms with Gasteiger partial charge in [-0.3, -0.25) is 4.79 Å². The van der Waals surface area contributed by atoms with E-state index in [4.69, 9.17) is 0 Å². The van der Waals surface area contributed by atoms with E-state index in [1.165, 1.54) is 16.5 Å². The van der Waals surface area contributed by atoms with E-state index in [9.17, 15) is 4.79 Å². The first-order valence-corrected chi connectivity index (χ1v) is 8.13. The smallest absolute Gasteiger partial charge is 0.179 e. The number of carbonyl (C=O) groups excluding carboxylic acids is 1. The molecule has 0 amide bonds. The van der Waals surface area contributed by atoms with Crippen LogP contribution in [0.15, 0.2) is 35.9 Å². The summed E-state index contributed by atoms with van der Waals surface area (Å²) in [4.78, 5) is 18.6. The first kappa shape index (κ1) is 13.8. The molecule has 0 saturated carbocycles. The summed E-state index contributed by atoms with van der Waals surface area (Å²) in [7, 11) is 2.18. The molecule has 3 heteroatoms. The average molecular weight is 294 g/mol. The van der Waals surface area contributed by atoms with E-state index in [0.717, 1.165) is 30.7 Å². The summed E-state index contributed by atoms with van der Waals surface area (Å²) in [6.07, 6.45) is 3.87. The van der Waals surface area contributed by atoms with Gasteiger partial charge in [0.2, 0.25) is 0 Å². The van der Waals surface area contributed by atoms with Crippen LogP contribution in [0.25, 0.3) is 10.9 Å². The number of aromatic amines is 1. The average Bonchev–Trinajstić information content (AvgIpc) is 2.82. The molecule has 2 aliphatic rings. The Balaban J connectivity index is 1.83. The zero-order chi connectivity index (χ0) is 15.3. The molecule has 1 N–H and O–H groups in total. The predicted octanol–water partition coefficient (Wildman–Crippen LogP) is 3.42. The van der Waals surface area contributed by atoms with E-state index in [-0.39, 0.29) is 5.78 Å². The number of piperidine rings is 1. The lowest BCUT2D eigenvalue weighted by Crippen LogP contribution is -2.40. The van der Waals surface area contributed by atoms with Crippen molar-refractivity contribution in [3.05, 3.63) is 47.2 Å². The molecule has 1 aromatic carbocycles. The molecule has 1 aliphatic heterocycles. The molecule has 4 rings (SSSR count). The van der Waals surface area contributed by atoms with E-state index in [0.29, 0.717) is 18.3 Å². The van der Waals surface area contributed by atoms with E-state index < -0.39 is 0 Å². The van der Waals surface area contributed by atoms with Gasteiger partial charge < -0.3 is 9.88 Å². The summed E-state index contributed by atoms with van der Waals surface area (Å²) >= 11 is 0. The maximum absolute atomic E-state index is 12.8. The lowest BCUT2D eigenvalue weighted by Gasteiger charge is -2.38. The number of Topliss-reactive ketones (excluding diaryl/α,β-unsaturated/α-hetero) is 1. The third-order valence-corrected chi connectivity index (χ3v) is 5.38.